The van der Waals surface area contributed by atoms with Crippen molar-refractivity contribution in [2.24, 2.45) is 0 Å². The van der Waals surface area contributed by atoms with Crippen molar-refractivity contribution in [1.82, 2.24) is 9.97 Å². The molecule has 0 aromatic carbocycles. The molecule has 0 saturated carbocycles. The Labute approximate surface area is 80.2 Å². The Kier molecular flexibility index (Phi) is 2.78. The molecule has 0 spiro atoms. The zero-order valence-electron chi connectivity index (χ0n) is 8.18. The fraction of sp³-hybridized carbons (Fsp3) is 0.556. The van der Waals surface area contributed by atoms with E-state index in [1.807, 2.05) is 0 Å². The van der Waals surface area contributed by atoms with Crippen LogP contribution in [-0.4, -0.2) is 9.97 Å². The molecule has 0 radical (unpaired) electrons. The summed E-state index contributed by atoms with van der Waals surface area (Å²) in [5.41, 5.74) is -0.603. The van der Waals surface area contributed by atoms with Crippen LogP contribution in [0.1, 0.15) is 36.8 Å². The fourth-order valence-electron chi connectivity index (χ4n) is 1.01. The molecule has 78 valence electrons. The number of nitrogens with zero attached hydrogens (tertiary/aromatic N) is 2. The second-order valence-electron chi connectivity index (χ2n) is 3.38. The summed E-state index contributed by atoms with van der Waals surface area (Å²) in [6.45, 7) is 4.86. The number of hydrogen-bond acceptors (Lipinski definition) is 2. The zero-order valence-corrected chi connectivity index (χ0v) is 8.18. The molecular weight excluding hydrogens is 193 g/mol. The SMILES string of the molecule is Cc1ncc(C(C)C)nc1C(F)(F)F. The van der Waals surface area contributed by atoms with E-state index in [1.54, 1.807) is 13.8 Å². The van der Waals surface area contributed by atoms with Crippen LogP contribution in [0.2, 0.25) is 0 Å². The Morgan fingerprint density at radius 1 is 1.29 bits per heavy atom. The second kappa shape index (κ2) is 3.55. The fourth-order valence-corrected chi connectivity index (χ4v) is 1.01. The number of aromatic nitrogens is 2. The van der Waals surface area contributed by atoms with E-state index in [0.29, 0.717) is 5.69 Å². The van der Waals surface area contributed by atoms with Crippen LogP contribution in [0.3, 0.4) is 0 Å². The number of hydrogen-bond donors (Lipinski definition) is 0. The topological polar surface area (TPSA) is 25.8 Å². The molecular formula is C9H11F3N2. The summed E-state index contributed by atoms with van der Waals surface area (Å²) in [6, 6.07) is 0. The first kappa shape index (κ1) is 10.9. The molecule has 0 fully saturated rings. The van der Waals surface area contributed by atoms with Gasteiger partial charge in [0.1, 0.15) is 0 Å². The zero-order chi connectivity index (χ0) is 10.9. The second-order valence-corrected chi connectivity index (χ2v) is 3.38. The predicted octanol–water partition coefficient (Wildman–Crippen LogP) is 2.93. The van der Waals surface area contributed by atoms with Crippen molar-refractivity contribution in [3.63, 3.8) is 0 Å². The summed E-state index contributed by atoms with van der Waals surface area (Å²) in [5, 5.41) is 0. The molecule has 14 heavy (non-hydrogen) atoms. The van der Waals surface area contributed by atoms with Crippen LogP contribution in [0.15, 0.2) is 6.20 Å². The molecule has 0 aliphatic rings. The van der Waals surface area contributed by atoms with E-state index in [4.69, 9.17) is 0 Å². The van der Waals surface area contributed by atoms with Crippen LogP contribution in [0.5, 0.6) is 0 Å². The molecule has 2 nitrogen and oxygen atoms in total. The summed E-state index contributed by atoms with van der Waals surface area (Å²) in [6.07, 6.45) is -3.03. The van der Waals surface area contributed by atoms with Crippen LogP contribution in [0.25, 0.3) is 0 Å². The summed E-state index contributed by atoms with van der Waals surface area (Å²) in [5.74, 6) is -0.0517. The van der Waals surface area contributed by atoms with Crippen LogP contribution < -0.4 is 0 Å². The normalized spacial score (nSPS) is 12.2. The maximum Gasteiger partial charge on any atom is 0.435 e. The van der Waals surface area contributed by atoms with E-state index in [1.165, 1.54) is 13.1 Å². The maximum absolute atomic E-state index is 12.4. The van der Waals surface area contributed by atoms with E-state index in [-0.39, 0.29) is 11.6 Å². The van der Waals surface area contributed by atoms with Gasteiger partial charge in [0.15, 0.2) is 5.69 Å². The summed E-state index contributed by atoms with van der Waals surface area (Å²) >= 11 is 0. The molecule has 1 aromatic rings. The average Bonchev–Trinajstić information content (AvgIpc) is 2.02. The quantitative estimate of drug-likeness (QED) is 0.702. The van der Waals surface area contributed by atoms with Crippen LogP contribution in [0.4, 0.5) is 13.2 Å². The molecule has 5 heteroatoms. The van der Waals surface area contributed by atoms with E-state index < -0.39 is 11.9 Å². The van der Waals surface area contributed by atoms with Gasteiger partial charge in [0.05, 0.1) is 11.4 Å². The Morgan fingerprint density at radius 2 is 1.86 bits per heavy atom. The highest BCUT2D eigenvalue weighted by atomic mass is 19.4. The third-order valence-electron chi connectivity index (χ3n) is 1.83. The Hall–Kier alpha value is -1.13. The van der Waals surface area contributed by atoms with Gasteiger partial charge in [0, 0.05) is 6.20 Å². The molecule has 0 saturated heterocycles. The third kappa shape index (κ3) is 2.21. The first-order valence-corrected chi connectivity index (χ1v) is 4.23. The van der Waals surface area contributed by atoms with Crippen molar-refractivity contribution in [1.29, 1.82) is 0 Å². The summed E-state index contributed by atoms with van der Waals surface area (Å²) < 4.78 is 37.2. The smallest absolute Gasteiger partial charge is 0.257 e. The van der Waals surface area contributed by atoms with Crippen LogP contribution in [-0.2, 0) is 6.18 Å². The minimum atomic E-state index is -4.41. The van der Waals surface area contributed by atoms with Crippen molar-refractivity contribution in [3.05, 3.63) is 23.3 Å². The molecule has 1 rings (SSSR count). The van der Waals surface area contributed by atoms with Crippen molar-refractivity contribution in [3.8, 4) is 0 Å². The summed E-state index contributed by atoms with van der Waals surface area (Å²) in [7, 11) is 0. The highest BCUT2D eigenvalue weighted by Crippen LogP contribution is 2.30. The largest absolute Gasteiger partial charge is 0.435 e. The van der Waals surface area contributed by atoms with E-state index >= 15 is 0 Å². The number of halogens is 3. The van der Waals surface area contributed by atoms with E-state index in [2.05, 4.69) is 9.97 Å². The minimum Gasteiger partial charge on any atom is -0.257 e. The van der Waals surface area contributed by atoms with Gasteiger partial charge in [0.25, 0.3) is 0 Å². The molecule has 0 N–H and O–H groups in total. The minimum absolute atomic E-state index is 0.0517. The average molecular weight is 204 g/mol. The third-order valence-corrected chi connectivity index (χ3v) is 1.83. The number of aryl methyl sites for hydroxylation is 1. The number of alkyl halides is 3. The van der Waals surface area contributed by atoms with Gasteiger partial charge in [-0.2, -0.15) is 13.2 Å². The van der Waals surface area contributed by atoms with Crippen molar-refractivity contribution >= 4 is 0 Å². The molecule has 0 aliphatic heterocycles. The lowest BCUT2D eigenvalue weighted by Gasteiger charge is -2.11. The lowest BCUT2D eigenvalue weighted by Crippen LogP contribution is -2.13. The van der Waals surface area contributed by atoms with E-state index in [0.717, 1.165) is 0 Å². The molecule has 0 atom stereocenters. The lowest BCUT2D eigenvalue weighted by atomic mass is 10.1. The van der Waals surface area contributed by atoms with Gasteiger partial charge in [-0.25, -0.2) is 4.98 Å². The van der Waals surface area contributed by atoms with E-state index in [9.17, 15) is 13.2 Å². The van der Waals surface area contributed by atoms with Crippen LogP contribution >= 0.6 is 0 Å². The predicted molar refractivity (Wildman–Crippen MR) is 45.9 cm³/mol. The monoisotopic (exact) mass is 204 g/mol. The van der Waals surface area contributed by atoms with Crippen LogP contribution in [0, 0.1) is 6.92 Å². The summed E-state index contributed by atoms with van der Waals surface area (Å²) in [4.78, 5) is 7.24. The molecule has 0 bridgehead atoms. The van der Waals surface area contributed by atoms with Gasteiger partial charge in [-0.05, 0) is 12.8 Å². The van der Waals surface area contributed by atoms with Crippen molar-refractivity contribution < 1.29 is 13.2 Å². The molecule has 0 aliphatic carbocycles. The Morgan fingerprint density at radius 3 is 2.29 bits per heavy atom. The highest BCUT2D eigenvalue weighted by Gasteiger charge is 2.35. The standard InChI is InChI=1S/C9H11F3N2/c1-5(2)7-4-13-6(3)8(14-7)9(10,11)12/h4-5H,1-3H3. The first-order valence-electron chi connectivity index (χ1n) is 4.23. The van der Waals surface area contributed by atoms with Gasteiger partial charge < -0.3 is 0 Å². The molecule has 0 unspecified atom stereocenters. The number of rotatable bonds is 1. The van der Waals surface area contributed by atoms with Crippen molar-refractivity contribution in [2.75, 3.05) is 0 Å². The van der Waals surface area contributed by atoms with Crippen molar-refractivity contribution in [2.45, 2.75) is 32.9 Å². The Balaban J connectivity index is 3.22. The Bertz CT molecular complexity index is 331. The molecule has 0 amide bonds. The molecule has 1 heterocycles. The van der Waals surface area contributed by atoms with Gasteiger partial charge in [-0.15, -0.1) is 0 Å². The van der Waals surface area contributed by atoms with Gasteiger partial charge in [-0.3, -0.25) is 4.98 Å². The van der Waals surface area contributed by atoms with Gasteiger partial charge in [0.2, 0.25) is 0 Å². The lowest BCUT2D eigenvalue weighted by molar-refractivity contribution is -0.142. The van der Waals surface area contributed by atoms with Gasteiger partial charge in [-0.1, -0.05) is 13.8 Å². The molecule has 1 aromatic heterocycles. The first-order chi connectivity index (χ1) is 6.32. The maximum atomic E-state index is 12.4. The van der Waals surface area contributed by atoms with Gasteiger partial charge >= 0.3 is 6.18 Å². The highest BCUT2D eigenvalue weighted by molar-refractivity contribution is 5.17.